The first-order valence-electron chi connectivity index (χ1n) is 6.76. The Bertz CT molecular complexity index is 545. The zero-order chi connectivity index (χ0) is 15.5. The number of anilines is 1. The molecule has 1 rings (SSSR count). The second kappa shape index (κ2) is 9.31. The van der Waals surface area contributed by atoms with Crippen LogP contribution in [0.25, 0.3) is 0 Å². The fourth-order valence-corrected chi connectivity index (χ4v) is 1.58. The Labute approximate surface area is 125 Å². The standard InChI is InChI=1S/C17H20N2O2/c1-3-5-9-14(4-2)18-16(20)12-13-17(21)19-15-10-7-6-8-11-15/h3-11H,1,12-13H2,2H3,(H,18,20)(H,19,21)/b9-5-,14-4+. The fraction of sp³-hybridized carbons (Fsp3) is 0.176. The summed E-state index contributed by atoms with van der Waals surface area (Å²) in [6.07, 6.45) is 7.17. The van der Waals surface area contributed by atoms with Gasteiger partial charge in [0.15, 0.2) is 0 Å². The van der Waals surface area contributed by atoms with Crippen LogP contribution in [-0.4, -0.2) is 11.8 Å². The number of allylic oxidation sites excluding steroid dienone is 4. The Morgan fingerprint density at radius 3 is 2.43 bits per heavy atom. The third-order valence-electron chi connectivity index (χ3n) is 2.64. The van der Waals surface area contributed by atoms with Crippen molar-refractivity contribution in [3.05, 3.63) is 66.9 Å². The molecule has 2 amide bonds. The van der Waals surface area contributed by atoms with Gasteiger partial charge in [-0.3, -0.25) is 9.59 Å². The lowest BCUT2D eigenvalue weighted by Gasteiger charge is -2.06. The van der Waals surface area contributed by atoms with E-state index in [4.69, 9.17) is 0 Å². The molecule has 0 saturated heterocycles. The lowest BCUT2D eigenvalue weighted by atomic mass is 10.2. The second-order valence-corrected chi connectivity index (χ2v) is 4.30. The Hall–Kier alpha value is -2.62. The smallest absolute Gasteiger partial charge is 0.224 e. The van der Waals surface area contributed by atoms with E-state index in [-0.39, 0.29) is 24.7 Å². The van der Waals surface area contributed by atoms with Crippen LogP contribution in [0.3, 0.4) is 0 Å². The number of rotatable bonds is 7. The average Bonchev–Trinajstić information content (AvgIpc) is 2.50. The predicted octanol–water partition coefficient (Wildman–Crippen LogP) is 3.17. The van der Waals surface area contributed by atoms with Crippen molar-refractivity contribution in [2.75, 3.05) is 5.32 Å². The monoisotopic (exact) mass is 284 g/mol. The van der Waals surface area contributed by atoms with Crippen LogP contribution in [0, 0.1) is 0 Å². The molecular formula is C17H20N2O2. The summed E-state index contributed by atoms with van der Waals surface area (Å²) in [5.41, 5.74) is 1.41. The summed E-state index contributed by atoms with van der Waals surface area (Å²) < 4.78 is 0. The van der Waals surface area contributed by atoms with Gasteiger partial charge >= 0.3 is 0 Å². The van der Waals surface area contributed by atoms with Crippen LogP contribution in [0.4, 0.5) is 5.69 Å². The summed E-state index contributed by atoms with van der Waals surface area (Å²) in [5, 5.41) is 5.47. The van der Waals surface area contributed by atoms with E-state index in [1.807, 2.05) is 25.1 Å². The maximum absolute atomic E-state index is 11.7. The lowest BCUT2D eigenvalue weighted by molar-refractivity contribution is -0.123. The van der Waals surface area contributed by atoms with E-state index in [9.17, 15) is 9.59 Å². The van der Waals surface area contributed by atoms with Gasteiger partial charge in [-0.25, -0.2) is 0 Å². The molecule has 0 bridgehead atoms. The molecule has 21 heavy (non-hydrogen) atoms. The van der Waals surface area contributed by atoms with E-state index in [2.05, 4.69) is 17.2 Å². The molecule has 0 saturated carbocycles. The molecule has 0 atom stereocenters. The van der Waals surface area contributed by atoms with Gasteiger partial charge in [0.25, 0.3) is 0 Å². The highest BCUT2D eigenvalue weighted by Gasteiger charge is 2.07. The van der Waals surface area contributed by atoms with Gasteiger partial charge in [-0.1, -0.05) is 43.0 Å². The molecular weight excluding hydrogens is 264 g/mol. The zero-order valence-electron chi connectivity index (χ0n) is 12.1. The summed E-state index contributed by atoms with van der Waals surface area (Å²) in [7, 11) is 0. The maximum atomic E-state index is 11.7. The third kappa shape index (κ3) is 6.92. The van der Waals surface area contributed by atoms with Crippen LogP contribution in [0.5, 0.6) is 0 Å². The largest absolute Gasteiger partial charge is 0.326 e. The van der Waals surface area contributed by atoms with Crippen LogP contribution < -0.4 is 10.6 Å². The number of para-hydroxylation sites is 1. The molecule has 0 fully saturated rings. The van der Waals surface area contributed by atoms with Crippen LogP contribution in [-0.2, 0) is 9.59 Å². The zero-order valence-corrected chi connectivity index (χ0v) is 12.1. The van der Waals surface area contributed by atoms with Crippen molar-refractivity contribution in [2.45, 2.75) is 19.8 Å². The number of carbonyl (C=O) groups excluding carboxylic acids is 2. The van der Waals surface area contributed by atoms with Crippen LogP contribution >= 0.6 is 0 Å². The molecule has 4 nitrogen and oxygen atoms in total. The molecule has 0 unspecified atom stereocenters. The quantitative estimate of drug-likeness (QED) is 0.756. The Balaban J connectivity index is 2.37. The highest BCUT2D eigenvalue weighted by molar-refractivity contribution is 5.93. The summed E-state index contributed by atoms with van der Waals surface area (Å²) in [4.78, 5) is 23.5. The summed E-state index contributed by atoms with van der Waals surface area (Å²) in [5.74, 6) is -0.375. The normalized spacial score (nSPS) is 11.2. The Kier molecular flexibility index (Phi) is 7.29. The molecule has 1 aromatic rings. The first kappa shape index (κ1) is 16.4. The highest BCUT2D eigenvalue weighted by atomic mass is 16.2. The van der Waals surface area contributed by atoms with E-state index in [0.717, 1.165) is 5.69 Å². The second-order valence-electron chi connectivity index (χ2n) is 4.30. The number of hydrogen-bond acceptors (Lipinski definition) is 2. The van der Waals surface area contributed by atoms with Crippen molar-refractivity contribution >= 4 is 17.5 Å². The molecule has 0 aromatic heterocycles. The molecule has 0 spiro atoms. The van der Waals surface area contributed by atoms with Gasteiger partial charge in [0.1, 0.15) is 0 Å². The van der Waals surface area contributed by atoms with Crippen LogP contribution in [0.1, 0.15) is 19.8 Å². The Morgan fingerprint density at radius 2 is 1.81 bits per heavy atom. The van der Waals surface area contributed by atoms with E-state index in [1.165, 1.54) is 0 Å². The SMILES string of the molecule is C=C/C=C\C(=C/C)NC(=O)CCC(=O)Nc1ccccc1. The van der Waals surface area contributed by atoms with Gasteiger partial charge in [-0.2, -0.15) is 0 Å². The predicted molar refractivity (Wildman–Crippen MR) is 85.5 cm³/mol. The summed E-state index contributed by atoms with van der Waals surface area (Å²) in [6, 6.07) is 9.16. The Morgan fingerprint density at radius 1 is 1.14 bits per heavy atom. The van der Waals surface area contributed by atoms with E-state index < -0.39 is 0 Å². The molecule has 0 radical (unpaired) electrons. The highest BCUT2D eigenvalue weighted by Crippen LogP contribution is 2.06. The maximum Gasteiger partial charge on any atom is 0.224 e. The number of carbonyl (C=O) groups is 2. The molecule has 0 aliphatic rings. The summed E-state index contributed by atoms with van der Waals surface area (Å²) >= 11 is 0. The molecule has 2 N–H and O–H groups in total. The van der Waals surface area contributed by atoms with Gasteiger partial charge in [-0.15, -0.1) is 0 Å². The van der Waals surface area contributed by atoms with Crippen molar-refractivity contribution in [1.82, 2.24) is 5.32 Å². The van der Waals surface area contributed by atoms with E-state index in [1.54, 1.807) is 36.4 Å². The summed E-state index contributed by atoms with van der Waals surface area (Å²) in [6.45, 7) is 5.39. The molecule has 0 aliphatic carbocycles. The molecule has 4 heteroatoms. The molecule has 0 heterocycles. The fourth-order valence-electron chi connectivity index (χ4n) is 1.58. The van der Waals surface area contributed by atoms with E-state index in [0.29, 0.717) is 5.70 Å². The van der Waals surface area contributed by atoms with Crippen LogP contribution in [0.2, 0.25) is 0 Å². The van der Waals surface area contributed by atoms with E-state index >= 15 is 0 Å². The lowest BCUT2D eigenvalue weighted by Crippen LogP contribution is -2.23. The number of nitrogens with one attached hydrogen (secondary N) is 2. The first-order valence-corrected chi connectivity index (χ1v) is 6.76. The van der Waals surface area contributed by atoms with Gasteiger partial charge < -0.3 is 10.6 Å². The molecule has 0 aliphatic heterocycles. The minimum absolute atomic E-state index is 0.137. The number of amides is 2. The third-order valence-corrected chi connectivity index (χ3v) is 2.64. The van der Waals surface area contributed by atoms with Gasteiger partial charge in [0, 0.05) is 24.2 Å². The first-order chi connectivity index (χ1) is 10.2. The molecule has 110 valence electrons. The minimum atomic E-state index is -0.194. The van der Waals surface area contributed by atoms with Crippen molar-refractivity contribution in [1.29, 1.82) is 0 Å². The van der Waals surface area contributed by atoms with Gasteiger partial charge in [0.2, 0.25) is 11.8 Å². The number of hydrogen-bond donors (Lipinski definition) is 2. The number of benzene rings is 1. The minimum Gasteiger partial charge on any atom is -0.326 e. The van der Waals surface area contributed by atoms with Gasteiger partial charge in [-0.05, 0) is 25.1 Å². The average molecular weight is 284 g/mol. The molecule has 1 aromatic carbocycles. The van der Waals surface area contributed by atoms with Crippen molar-refractivity contribution < 1.29 is 9.59 Å². The van der Waals surface area contributed by atoms with Crippen molar-refractivity contribution in [3.8, 4) is 0 Å². The van der Waals surface area contributed by atoms with Crippen molar-refractivity contribution in [2.24, 2.45) is 0 Å². The topological polar surface area (TPSA) is 58.2 Å². The van der Waals surface area contributed by atoms with Gasteiger partial charge in [0.05, 0.1) is 0 Å². The van der Waals surface area contributed by atoms with Crippen molar-refractivity contribution in [3.63, 3.8) is 0 Å². The van der Waals surface area contributed by atoms with Crippen LogP contribution in [0.15, 0.2) is 66.9 Å².